The minimum atomic E-state index is -1.21. The monoisotopic (exact) mass is 507 g/mol. The number of aromatic nitrogens is 1. The van der Waals surface area contributed by atoms with Gasteiger partial charge in [0.1, 0.15) is 0 Å². The van der Waals surface area contributed by atoms with Gasteiger partial charge in [-0.05, 0) is 36.4 Å². The Morgan fingerprint density at radius 1 is 1.09 bits per heavy atom. The van der Waals surface area contributed by atoms with E-state index in [2.05, 4.69) is 15.6 Å². The zero-order valence-corrected chi connectivity index (χ0v) is 19.3. The Morgan fingerprint density at radius 3 is 2.66 bits per heavy atom. The summed E-state index contributed by atoms with van der Waals surface area (Å²) in [6.07, 6.45) is 1.68. The molecule has 0 aliphatic heterocycles. The first kappa shape index (κ1) is 23.8. The van der Waals surface area contributed by atoms with Crippen LogP contribution in [0.3, 0.4) is 0 Å². The van der Waals surface area contributed by atoms with Crippen LogP contribution in [0, 0.1) is 0 Å². The second kappa shape index (κ2) is 11.1. The quantitative estimate of drug-likeness (QED) is 0.277. The number of thioether (sulfide) groups is 1. The molecule has 3 aromatic rings. The maximum atomic E-state index is 12.3. The normalized spacial score (nSPS) is 10.8. The van der Waals surface area contributed by atoms with E-state index in [4.69, 9.17) is 28.3 Å². The molecule has 164 valence electrons. The summed E-state index contributed by atoms with van der Waals surface area (Å²) in [6, 6.07) is 12.0. The number of carboxylic acids is 1. The van der Waals surface area contributed by atoms with E-state index < -0.39 is 11.9 Å². The van der Waals surface area contributed by atoms with Crippen LogP contribution in [-0.2, 0) is 14.4 Å². The molecule has 0 fully saturated rings. The second-order valence-electron chi connectivity index (χ2n) is 6.19. The molecule has 0 aliphatic rings. The van der Waals surface area contributed by atoms with Gasteiger partial charge in [-0.15, -0.1) is 23.1 Å². The van der Waals surface area contributed by atoms with Crippen molar-refractivity contribution in [1.82, 2.24) is 4.98 Å². The third-order valence-electron chi connectivity index (χ3n) is 3.81. The van der Waals surface area contributed by atoms with Gasteiger partial charge in [0, 0.05) is 38.7 Å². The number of carboxylic acid groups (broad SMARTS) is 1. The number of thiazole rings is 1. The molecule has 0 aliphatic carbocycles. The van der Waals surface area contributed by atoms with Crippen LogP contribution in [-0.4, -0.2) is 33.6 Å². The Kier molecular flexibility index (Phi) is 8.29. The van der Waals surface area contributed by atoms with Crippen LogP contribution in [0.4, 0.5) is 10.8 Å². The second-order valence-corrected chi connectivity index (χ2v) is 8.94. The van der Waals surface area contributed by atoms with E-state index in [9.17, 15) is 14.4 Å². The van der Waals surface area contributed by atoms with Crippen LogP contribution < -0.4 is 10.6 Å². The van der Waals surface area contributed by atoms with Crippen molar-refractivity contribution in [2.45, 2.75) is 4.90 Å². The van der Waals surface area contributed by atoms with E-state index in [1.165, 1.54) is 23.1 Å². The number of hydrogen-bond donors (Lipinski definition) is 3. The fourth-order valence-corrected chi connectivity index (χ4v) is 4.44. The molecule has 0 spiro atoms. The molecule has 0 atom stereocenters. The molecule has 0 radical (unpaired) electrons. The van der Waals surface area contributed by atoms with Crippen LogP contribution in [0.1, 0.15) is 0 Å². The molecule has 7 nitrogen and oxygen atoms in total. The van der Waals surface area contributed by atoms with Crippen LogP contribution in [0.25, 0.3) is 11.3 Å². The topological polar surface area (TPSA) is 108 Å². The van der Waals surface area contributed by atoms with Crippen molar-refractivity contribution in [2.75, 3.05) is 16.4 Å². The average molecular weight is 508 g/mol. The summed E-state index contributed by atoms with van der Waals surface area (Å²) in [6.45, 7) is 0. The number of anilines is 2. The Balaban J connectivity index is 1.55. The predicted octanol–water partition coefficient (Wildman–Crippen LogP) is 5.43. The minimum absolute atomic E-state index is 0.132. The van der Waals surface area contributed by atoms with Crippen LogP contribution in [0.15, 0.2) is 64.9 Å². The fraction of sp³-hybridized carbons (Fsp3) is 0.0476. The van der Waals surface area contributed by atoms with E-state index in [0.29, 0.717) is 26.6 Å². The lowest BCUT2D eigenvalue weighted by molar-refractivity contribution is -0.131. The molecule has 1 heterocycles. The smallest absolute Gasteiger partial charge is 0.328 e. The maximum absolute atomic E-state index is 12.3. The van der Waals surface area contributed by atoms with Gasteiger partial charge in [0.05, 0.1) is 16.5 Å². The zero-order chi connectivity index (χ0) is 23.1. The third-order valence-corrected chi connectivity index (χ3v) is 6.11. The van der Waals surface area contributed by atoms with Gasteiger partial charge in [-0.2, -0.15) is 0 Å². The molecule has 3 rings (SSSR count). The van der Waals surface area contributed by atoms with Crippen molar-refractivity contribution >= 4 is 74.9 Å². The Labute approximate surface area is 201 Å². The summed E-state index contributed by atoms with van der Waals surface area (Å²) in [5.74, 6) is -1.88. The number of nitrogens with one attached hydrogen (secondary N) is 2. The molecule has 11 heteroatoms. The SMILES string of the molecule is O=C(O)/C=C/C(=O)Nc1cccc(SCC(=O)Nc2nc(-c3ccc(Cl)cc3Cl)cs2)c1. The first-order valence-electron chi connectivity index (χ1n) is 8.96. The van der Waals surface area contributed by atoms with Gasteiger partial charge in [0.15, 0.2) is 5.13 Å². The van der Waals surface area contributed by atoms with Crippen molar-refractivity contribution in [1.29, 1.82) is 0 Å². The number of aliphatic carboxylic acids is 1. The van der Waals surface area contributed by atoms with Gasteiger partial charge in [0.2, 0.25) is 11.8 Å². The molecule has 0 saturated carbocycles. The number of benzene rings is 2. The molecule has 1 aromatic heterocycles. The highest BCUT2D eigenvalue weighted by Crippen LogP contribution is 2.32. The number of carbonyl (C=O) groups is 3. The summed E-state index contributed by atoms with van der Waals surface area (Å²) in [5.41, 5.74) is 1.85. The van der Waals surface area contributed by atoms with Crippen molar-refractivity contribution < 1.29 is 19.5 Å². The highest BCUT2D eigenvalue weighted by molar-refractivity contribution is 8.00. The minimum Gasteiger partial charge on any atom is -0.478 e. The Hall–Kier alpha value is -2.85. The Bertz CT molecular complexity index is 1200. The van der Waals surface area contributed by atoms with E-state index in [-0.39, 0.29) is 11.7 Å². The third kappa shape index (κ3) is 7.10. The molecule has 32 heavy (non-hydrogen) atoms. The lowest BCUT2D eigenvalue weighted by Crippen LogP contribution is -2.13. The summed E-state index contributed by atoms with van der Waals surface area (Å²) < 4.78 is 0. The molecular weight excluding hydrogens is 493 g/mol. The van der Waals surface area contributed by atoms with Gasteiger partial charge in [-0.1, -0.05) is 29.3 Å². The van der Waals surface area contributed by atoms with E-state index >= 15 is 0 Å². The number of amides is 2. The average Bonchev–Trinajstić information content (AvgIpc) is 3.19. The molecule has 0 unspecified atom stereocenters. The number of hydrogen-bond acceptors (Lipinski definition) is 6. The van der Waals surface area contributed by atoms with Gasteiger partial charge in [-0.3, -0.25) is 9.59 Å². The van der Waals surface area contributed by atoms with Gasteiger partial charge in [-0.25, -0.2) is 9.78 Å². The fourth-order valence-electron chi connectivity index (χ4n) is 2.45. The molecular formula is C21H15Cl2N3O4S2. The zero-order valence-electron chi connectivity index (χ0n) is 16.2. The van der Waals surface area contributed by atoms with Crippen molar-refractivity contribution in [3.63, 3.8) is 0 Å². The first-order valence-corrected chi connectivity index (χ1v) is 11.6. The summed E-state index contributed by atoms with van der Waals surface area (Å²) in [4.78, 5) is 39.6. The highest BCUT2D eigenvalue weighted by atomic mass is 35.5. The van der Waals surface area contributed by atoms with E-state index in [0.717, 1.165) is 22.6 Å². The van der Waals surface area contributed by atoms with Crippen LogP contribution in [0.5, 0.6) is 0 Å². The van der Waals surface area contributed by atoms with Crippen molar-refractivity contribution in [2.24, 2.45) is 0 Å². The molecule has 2 amide bonds. The van der Waals surface area contributed by atoms with Crippen molar-refractivity contribution in [3.8, 4) is 11.3 Å². The van der Waals surface area contributed by atoms with Crippen LogP contribution in [0.2, 0.25) is 10.0 Å². The van der Waals surface area contributed by atoms with Gasteiger partial charge >= 0.3 is 5.97 Å². The van der Waals surface area contributed by atoms with Gasteiger partial charge in [0.25, 0.3) is 0 Å². The summed E-state index contributed by atoms with van der Waals surface area (Å²) in [7, 11) is 0. The number of rotatable bonds is 8. The lowest BCUT2D eigenvalue weighted by Gasteiger charge is -2.06. The molecule has 0 bridgehead atoms. The standard InChI is InChI=1S/C21H15Cl2N3O4S2/c22-12-4-5-15(16(23)8-12)17-10-32-21(25-17)26-19(28)11-31-14-3-1-2-13(9-14)24-18(27)6-7-20(29)30/h1-10H,11H2,(H,24,27)(H,29,30)(H,25,26,28)/b7-6+. The molecule has 3 N–H and O–H groups in total. The van der Waals surface area contributed by atoms with E-state index in [1.54, 1.807) is 47.8 Å². The summed E-state index contributed by atoms with van der Waals surface area (Å²) >= 11 is 14.7. The largest absolute Gasteiger partial charge is 0.478 e. The number of nitrogens with zero attached hydrogens (tertiary/aromatic N) is 1. The molecule has 0 saturated heterocycles. The summed E-state index contributed by atoms with van der Waals surface area (Å²) in [5, 5.41) is 17.1. The van der Waals surface area contributed by atoms with Gasteiger partial charge < -0.3 is 15.7 Å². The van der Waals surface area contributed by atoms with E-state index in [1.807, 2.05) is 0 Å². The molecule has 2 aromatic carbocycles. The lowest BCUT2D eigenvalue weighted by atomic mass is 10.2. The Morgan fingerprint density at radius 2 is 1.91 bits per heavy atom. The first-order chi connectivity index (χ1) is 15.3. The van der Waals surface area contributed by atoms with Crippen LogP contribution >= 0.6 is 46.3 Å². The highest BCUT2D eigenvalue weighted by Gasteiger charge is 2.11. The number of carbonyl (C=O) groups excluding carboxylic acids is 2. The predicted molar refractivity (Wildman–Crippen MR) is 129 cm³/mol. The maximum Gasteiger partial charge on any atom is 0.328 e. The van der Waals surface area contributed by atoms with Crippen molar-refractivity contribution in [3.05, 3.63) is 70.0 Å². The number of halogens is 2.